The Morgan fingerprint density at radius 2 is 2.19 bits per heavy atom. The minimum absolute atomic E-state index is 0.00277. The molecule has 2 atom stereocenters. The molecule has 2 aromatic rings. The summed E-state index contributed by atoms with van der Waals surface area (Å²) >= 11 is 0. The molecule has 1 fully saturated rings. The fourth-order valence-corrected chi connectivity index (χ4v) is 3.19. The van der Waals surface area contributed by atoms with Crippen LogP contribution >= 0.6 is 0 Å². The van der Waals surface area contributed by atoms with Gasteiger partial charge >= 0.3 is 0 Å². The van der Waals surface area contributed by atoms with Crippen LogP contribution in [0.2, 0.25) is 0 Å². The van der Waals surface area contributed by atoms with Gasteiger partial charge in [-0.1, -0.05) is 12.1 Å². The highest BCUT2D eigenvalue weighted by Crippen LogP contribution is 2.20. The summed E-state index contributed by atoms with van der Waals surface area (Å²) in [6, 6.07) is 1.77. The van der Waals surface area contributed by atoms with Crippen LogP contribution in [0.5, 0.6) is 0 Å². The zero-order chi connectivity index (χ0) is 18.7. The van der Waals surface area contributed by atoms with Crippen LogP contribution in [0.4, 0.5) is 0 Å². The number of nitrogens with zero attached hydrogens (tertiary/aromatic N) is 2. The molecule has 1 amide bonds. The van der Waals surface area contributed by atoms with Crippen LogP contribution in [0, 0.1) is 19.8 Å². The van der Waals surface area contributed by atoms with E-state index in [1.807, 2.05) is 19.9 Å². The van der Waals surface area contributed by atoms with Gasteiger partial charge in [-0.05, 0) is 13.8 Å². The van der Waals surface area contributed by atoms with E-state index in [1.54, 1.807) is 6.92 Å². The predicted molar refractivity (Wildman–Crippen MR) is 93.9 cm³/mol. The first kappa shape index (κ1) is 18.3. The third-order valence-corrected chi connectivity index (χ3v) is 4.63. The number of hydrogen-bond acceptors (Lipinski definition) is 6. The molecule has 0 bridgehead atoms. The van der Waals surface area contributed by atoms with Crippen LogP contribution in [0.25, 0.3) is 0 Å². The first-order valence-electron chi connectivity index (χ1n) is 8.84. The fraction of sp³-hybridized carbons (Fsp3) is 0.556. The predicted octanol–water partition coefficient (Wildman–Crippen LogP) is 0.854. The zero-order valence-electron chi connectivity index (χ0n) is 15.3. The molecular formula is C18H24N4O4. The number of hydrogen-bond donors (Lipinski definition) is 2. The summed E-state index contributed by atoms with van der Waals surface area (Å²) in [6.07, 6.45) is 1.30. The lowest BCUT2D eigenvalue weighted by Crippen LogP contribution is -2.42. The molecule has 0 aromatic carbocycles. The highest BCUT2D eigenvalue weighted by Gasteiger charge is 2.31. The van der Waals surface area contributed by atoms with E-state index >= 15 is 0 Å². The van der Waals surface area contributed by atoms with Crippen molar-refractivity contribution >= 4 is 5.91 Å². The van der Waals surface area contributed by atoms with Gasteiger partial charge in [-0.3, -0.25) is 9.59 Å². The number of amides is 1. The summed E-state index contributed by atoms with van der Waals surface area (Å²) in [4.78, 5) is 31.7. The van der Waals surface area contributed by atoms with Crippen molar-refractivity contribution in [2.75, 3.05) is 13.2 Å². The van der Waals surface area contributed by atoms with E-state index in [2.05, 4.69) is 20.4 Å². The highest BCUT2D eigenvalue weighted by molar-refractivity contribution is 5.79. The second-order valence-electron chi connectivity index (χ2n) is 6.72. The quantitative estimate of drug-likeness (QED) is 0.790. The van der Waals surface area contributed by atoms with Crippen LogP contribution in [-0.4, -0.2) is 40.3 Å². The summed E-state index contributed by atoms with van der Waals surface area (Å²) in [5.41, 5.74) is 1.58. The van der Waals surface area contributed by atoms with Crippen molar-refractivity contribution in [2.45, 2.75) is 46.1 Å². The summed E-state index contributed by atoms with van der Waals surface area (Å²) in [5.74, 6) is 1.32. The molecule has 1 aliphatic rings. The van der Waals surface area contributed by atoms with Crippen molar-refractivity contribution in [1.29, 1.82) is 0 Å². The highest BCUT2D eigenvalue weighted by atomic mass is 16.5. The van der Waals surface area contributed by atoms with Crippen LogP contribution < -0.4 is 10.9 Å². The summed E-state index contributed by atoms with van der Waals surface area (Å²) in [7, 11) is 0. The number of aryl methyl sites for hydroxylation is 3. The molecule has 140 valence electrons. The SMILES string of the molecule is CCc1nc(C)c(CC(=O)N[C@H]2COC[C@H]2Cc2cc(C)no2)c(=O)[nH]1. The lowest BCUT2D eigenvalue weighted by molar-refractivity contribution is -0.121. The summed E-state index contributed by atoms with van der Waals surface area (Å²) < 4.78 is 10.8. The van der Waals surface area contributed by atoms with E-state index < -0.39 is 0 Å². The maximum Gasteiger partial charge on any atom is 0.254 e. The molecule has 3 heterocycles. The second kappa shape index (κ2) is 7.82. The normalized spacial score (nSPS) is 19.7. The van der Waals surface area contributed by atoms with Gasteiger partial charge in [-0.15, -0.1) is 0 Å². The third-order valence-electron chi connectivity index (χ3n) is 4.63. The van der Waals surface area contributed by atoms with E-state index in [0.29, 0.717) is 43.1 Å². The Labute approximate surface area is 151 Å². The van der Waals surface area contributed by atoms with Gasteiger partial charge in [0.2, 0.25) is 5.91 Å². The molecule has 8 nitrogen and oxygen atoms in total. The van der Waals surface area contributed by atoms with E-state index in [-0.39, 0.29) is 29.8 Å². The summed E-state index contributed by atoms with van der Waals surface area (Å²) in [6.45, 7) is 6.54. The molecule has 0 spiro atoms. The average molecular weight is 360 g/mol. The van der Waals surface area contributed by atoms with E-state index in [1.165, 1.54) is 0 Å². The first-order valence-corrected chi connectivity index (χ1v) is 8.84. The molecule has 0 unspecified atom stereocenters. The van der Waals surface area contributed by atoms with Gasteiger partial charge in [-0.25, -0.2) is 4.98 Å². The third kappa shape index (κ3) is 4.19. The number of ether oxygens (including phenoxy) is 1. The minimum atomic E-state index is -0.249. The maximum atomic E-state index is 12.4. The van der Waals surface area contributed by atoms with E-state index in [4.69, 9.17) is 9.26 Å². The van der Waals surface area contributed by atoms with Crippen LogP contribution in [0.3, 0.4) is 0 Å². The van der Waals surface area contributed by atoms with Crippen LogP contribution in [-0.2, 0) is 28.8 Å². The topological polar surface area (TPSA) is 110 Å². The number of H-pyrrole nitrogens is 1. The van der Waals surface area contributed by atoms with Gasteiger partial charge in [-0.2, -0.15) is 0 Å². The smallest absolute Gasteiger partial charge is 0.254 e. The lowest BCUT2D eigenvalue weighted by Gasteiger charge is -2.18. The molecule has 2 aromatic heterocycles. The largest absolute Gasteiger partial charge is 0.379 e. The zero-order valence-corrected chi connectivity index (χ0v) is 15.3. The van der Waals surface area contributed by atoms with Gasteiger partial charge < -0.3 is 19.6 Å². The Morgan fingerprint density at radius 3 is 2.85 bits per heavy atom. The van der Waals surface area contributed by atoms with Crippen LogP contribution in [0.15, 0.2) is 15.4 Å². The average Bonchev–Trinajstić information content (AvgIpc) is 3.20. The molecule has 3 rings (SSSR count). The Bertz CT molecular complexity index is 842. The Balaban J connectivity index is 1.63. The molecule has 1 aliphatic heterocycles. The maximum absolute atomic E-state index is 12.4. The number of carbonyl (C=O) groups excluding carboxylic acids is 1. The molecule has 0 saturated carbocycles. The molecule has 1 saturated heterocycles. The van der Waals surface area contributed by atoms with E-state index in [9.17, 15) is 9.59 Å². The van der Waals surface area contributed by atoms with Crippen molar-refractivity contribution in [2.24, 2.45) is 5.92 Å². The number of carbonyl (C=O) groups is 1. The standard InChI is InChI=1S/C18H24N4O4/c1-4-16-19-11(3)14(18(24)21-16)7-17(23)20-15-9-25-8-12(15)6-13-5-10(2)22-26-13/h5,12,15H,4,6-9H2,1-3H3,(H,20,23)(H,19,21,24)/t12-,15+/m1/s1. The molecule has 0 aliphatic carbocycles. The van der Waals surface area contributed by atoms with Gasteiger partial charge in [0.25, 0.3) is 5.56 Å². The molecular weight excluding hydrogens is 336 g/mol. The Kier molecular flexibility index (Phi) is 5.51. The first-order chi connectivity index (χ1) is 12.5. The van der Waals surface area contributed by atoms with Crippen molar-refractivity contribution < 1.29 is 14.1 Å². The van der Waals surface area contributed by atoms with Crippen LogP contribution in [0.1, 0.15) is 35.5 Å². The number of aromatic nitrogens is 3. The van der Waals surface area contributed by atoms with Crippen molar-refractivity contribution in [3.8, 4) is 0 Å². The number of nitrogens with one attached hydrogen (secondary N) is 2. The Morgan fingerprint density at radius 1 is 1.38 bits per heavy atom. The minimum Gasteiger partial charge on any atom is -0.379 e. The van der Waals surface area contributed by atoms with E-state index in [0.717, 1.165) is 11.5 Å². The molecule has 0 radical (unpaired) electrons. The monoisotopic (exact) mass is 360 g/mol. The fourth-order valence-electron chi connectivity index (χ4n) is 3.19. The second-order valence-corrected chi connectivity index (χ2v) is 6.72. The summed E-state index contributed by atoms with van der Waals surface area (Å²) in [5, 5.41) is 6.87. The van der Waals surface area contributed by atoms with Gasteiger partial charge in [0.1, 0.15) is 11.6 Å². The molecule has 26 heavy (non-hydrogen) atoms. The van der Waals surface area contributed by atoms with Gasteiger partial charge in [0.05, 0.1) is 31.4 Å². The van der Waals surface area contributed by atoms with Crippen molar-refractivity contribution in [3.63, 3.8) is 0 Å². The van der Waals surface area contributed by atoms with Crippen molar-refractivity contribution in [1.82, 2.24) is 20.4 Å². The van der Waals surface area contributed by atoms with Crippen molar-refractivity contribution in [3.05, 3.63) is 45.0 Å². The number of aromatic amines is 1. The molecule has 8 heteroatoms. The molecule has 2 N–H and O–H groups in total. The lowest BCUT2D eigenvalue weighted by atomic mass is 9.98. The van der Waals surface area contributed by atoms with Gasteiger partial charge in [0.15, 0.2) is 0 Å². The van der Waals surface area contributed by atoms with Gasteiger partial charge in [0, 0.05) is 36.1 Å². The number of rotatable bonds is 6. The Hall–Kier alpha value is -2.48.